The quantitative estimate of drug-likeness (QED) is 0.603. The lowest BCUT2D eigenvalue weighted by atomic mass is 10.2. The Kier molecular flexibility index (Phi) is 3.07. The summed E-state index contributed by atoms with van der Waals surface area (Å²) < 4.78 is 1.91. The van der Waals surface area contributed by atoms with E-state index in [0.717, 1.165) is 0 Å². The average molecular weight is 176 g/mol. The third-order valence-electron chi connectivity index (χ3n) is 1.96. The molecule has 2 heteroatoms. The first-order valence-electron chi connectivity index (χ1n) is 4.68. The summed E-state index contributed by atoms with van der Waals surface area (Å²) in [7, 11) is 0. The van der Waals surface area contributed by atoms with E-state index in [9.17, 15) is 0 Å². The van der Waals surface area contributed by atoms with Crippen molar-refractivity contribution in [3.8, 4) is 0 Å². The summed E-state index contributed by atoms with van der Waals surface area (Å²) >= 11 is 0. The molecule has 0 aliphatic rings. The molecule has 0 aromatic carbocycles. The van der Waals surface area contributed by atoms with Gasteiger partial charge in [0, 0.05) is 12.4 Å². The summed E-state index contributed by atoms with van der Waals surface area (Å²) in [6, 6.07) is 4.11. The maximum Gasteiger partial charge on any atom is 0.0704 e. The van der Waals surface area contributed by atoms with Gasteiger partial charge in [0.25, 0.3) is 0 Å². The molecule has 0 N–H and O–H groups in total. The lowest BCUT2D eigenvalue weighted by Gasteiger charge is -1.97. The molecule has 0 aliphatic carbocycles. The van der Waals surface area contributed by atoms with E-state index in [4.69, 9.17) is 0 Å². The van der Waals surface area contributed by atoms with E-state index < -0.39 is 0 Å². The zero-order chi connectivity index (χ0) is 9.84. The van der Waals surface area contributed by atoms with E-state index in [0.29, 0.717) is 0 Å². The highest BCUT2D eigenvalue weighted by atomic mass is 15.2. The average Bonchev–Trinajstić information content (AvgIpc) is 2.53. The normalized spacial score (nSPS) is 9.54. The van der Waals surface area contributed by atoms with Gasteiger partial charge in [0.2, 0.25) is 0 Å². The Labute approximate surface area is 79.2 Å². The zero-order valence-corrected chi connectivity index (χ0v) is 8.70. The standard InChI is InChI=1S/C9H10N2.C2H6/c1-7-3-5-10-11-6-4-8(2)9(7)11;1-2/h3-6H,1-2H3;1-2H3. The van der Waals surface area contributed by atoms with Crippen LogP contribution in [0.15, 0.2) is 24.5 Å². The van der Waals surface area contributed by atoms with Crippen LogP contribution in [0.3, 0.4) is 0 Å². The van der Waals surface area contributed by atoms with Gasteiger partial charge in [0.05, 0.1) is 5.52 Å². The smallest absolute Gasteiger partial charge is 0.0704 e. The highest BCUT2D eigenvalue weighted by molar-refractivity contribution is 5.59. The number of aromatic nitrogens is 2. The molecule has 0 atom stereocenters. The Morgan fingerprint density at radius 3 is 2.31 bits per heavy atom. The Balaban J connectivity index is 0.000000396. The SMILES string of the molecule is CC.Cc1ccnn2ccc(C)c12. The van der Waals surface area contributed by atoms with Gasteiger partial charge in [0.15, 0.2) is 0 Å². The third kappa shape index (κ3) is 1.72. The first-order chi connectivity index (χ1) is 6.29. The van der Waals surface area contributed by atoms with E-state index in [1.165, 1.54) is 16.6 Å². The van der Waals surface area contributed by atoms with Crippen LogP contribution >= 0.6 is 0 Å². The Bertz CT molecular complexity index is 388. The molecule has 0 saturated carbocycles. The molecule has 0 spiro atoms. The molecule has 0 saturated heterocycles. The zero-order valence-electron chi connectivity index (χ0n) is 8.70. The van der Waals surface area contributed by atoms with Crippen LogP contribution in [-0.2, 0) is 0 Å². The summed E-state index contributed by atoms with van der Waals surface area (Å²) in [5.41, 5.74) is 3.80. The Morgan fingerprint density at radius 2 is 1.69 bits per heavy atom. The lowest BCUT2D eigenvalue weighted by Crippen LogP contribution is -1.90. The maximum absolute atomic E-state index is 4.18. The second-order valence-corrected chi connectivity index (χ2v) is 2.81. The van der Waals surface area contributed by atoms with Crippen LogP contribution in [0.2, 0.25) is 0 Å². The van der Waals surface area contributed by atoms with Crippen LogP contribution < -0.4 is 0 Å². The predicted molar refractivity (Wildman–Crippen MR) is 56.0 cm³/mol. The number of aryl methyl sites for hydroxylation is 2. The molecule has 70 valence electrons. The van der Waals surface area contributed by atoms with Crippen molar-refractivity contribution >= 4 is 5.52 Å². The molecule has 2 heterocycles. The van der Waals surface area contributed by atoms with E-state index in [2.05, 4.69) is 25.0 Å². The topological polar surface area (TPSA) is 17.3 Å². The summed E-state index contributed by atoms with van der Waals surface area (Å²) in [5.74, 6) is 0. The minimum absolute atomic E-state index is 1.23. The second-order valence-electron chi connectivity index (χ2n) is 2.81. The van der Waals surface area contributed by atoms with Crippen molar-refractivity contribution < 1.29 is 0 Å². The van der Waals surface area contributed by atoms with E-state index in [1.807, 2.05) is 36.8 Å². The van der Waals surface area contributed by atoms with Gasteiger partial charge in [-0.25, -0.2) is 4.52 Å². The van der Waals surface area contributed by atoms with Gasteiger partial charge >= 0.3 is 0 Å². The number of hydrogen-bond acceptors (Lipinski definition) is 1. The number of rotatable bonds is 0. The van der Waals surface area contributed by atoms with E-state index >= 15 is 0 Å². The highest BCUT2D eigenvalue weighted by Gasteiger charge is 1.99. The maximum atomic E-state index is 4.18. The van der Waals surface area contributed by atoms with Crippen molar-refractivity contribution in [1.82, 2.24) is 9.61 Å². The Morgan fingerprint density at radius 1 is 1.08 bits per heavy atom. The van der Waals surface area contributed by atoms with Gasteiger partial charge in [-0.2, -0.15) is 5.10 Å². The molecule has 0 bridgehead atoms. The number of nitrogens with zero attached hydrogens (tertiary/aromatic N) is 2. The van der Waals surface area contributed by atoms with Gasteiger partial charge in [-0.3, -0.25) is 0 Å². The monoisotopic (exact) mass is 176 g/mol. The lowest BCUT2D eigenvalue weighted by molar-refractivity contribution is 0.932. The summed E-state index contributed by atoms with van der Waals surface area (Å²) in [4.78, 5) is 0. The van der Waals surface area contributed by atoms with Crippen molar-refractivity contribution in [2.24, 2.45) is 0 Å². The fraction of sp³-hybridized carbons (Fsp3) is 0.364. The van der Waals surface area contributed by atoms with Gasteiger partial charge in [0.1, 0.15) is 0 Å². The third-order valence-corrected chi connectivity index (χ3v) is 1.96. The van der Waals surface area contributed by atoms with Gasteiger partial charge in [-0.1, -0.05) is 13.8 Å². The summed E-state index contributed by atoms with van der Waals surface area (Å²) in [5, 5.41) is 4.18. The molecule has 13 heavy (non-hydrogen) atoms. The predicted octanol–water partition coefficient (Wildman–Crippen LogP) is 2.98. The first-order valence-corrected chi connectivity index (χ1v) is 4.68. The van der Waals surface area contributed by atoms with Crippen LogP contribution in [0.5, 0.6) is 0 Å². The molecule has 0 fully saturated rings. The van der Waals surface area contributed by atoms with Crippen molar-refractivity contribution in [3.63, 3.8) is 0 Å². The van der Waals surface area contributed by atoms with Crippen molar-refractivity contribution in [1.29, 1.82) is 0 Å². The Hall–Kier alpha value is -1.31. The molecule has 0 unspecified atom stereocenters. The molecule has 2 aromatic rings. The van der Waals surface area contributed by atoms with Crippen LogP contribution in [-0.4, -0.2) is 9.61 Å². The fourth-order valence-corrected chi connectivity index (χ4v) is 1.40. The molecule has 2 rings (SSSR count). The van der Waals surface area contributed by atoms with Crippen LogP contribution in [0, 0.1) is 13.8 Å². The molecular formula is C11H16N2. The van der Waals surface area contributed by atoms with Crippen LogP contribution in [0.4, 0.5) is 0 Å². The molecule has 2 aromatic heterocycles. The number of fused-ring (bicyclic) bond motifs is 1. The largest absolute Gasteiger partial charge is 0.241 e. The minimum Gasteiger partial charge on any atom is -0.241 e. The number of hydrogen-bond donors (Lipinski definition) is 0. The van der Waals surface area contributed by atoms with Gasteiger partial charge in [-0.05, 0) is 37.1 Å². The van der Waals surface area contributed by atoms with Crippen LogP contribution in [0.25, 0.3) is 5.52 Å². The minimum atomic E-state index is 1.23. The van der Waals surface area contributed by atoms with E-state index in [-0.39, 0.29) is 0 Å². The molecule has 0 radical (unpaired) electrons. The molecule has 2 nitrogen and oxygen atoms in total. The van der Waals surface area contributed by atoms with Gasteiger partial charge < -0.3 is 0 Å². The molecule has 0 amide bonds. The van der Waals surface area contributed by atoms with Crippen molar-refractivity contribution in [3.05, 3.63) is 35.7 Å². The molecule has 0 aliphatic heterocycles. The van der Waals surface area contributed by atoms with Crippen molar-refractivity contribution in [2.75, 3.05) is 0 Å². The van der Waals surface area contributed by atoms with Crippen molar-refractivity contribution in [2.45, 2.75) is 27.7 Å². The second kappa shape index (κ2) is 4.08. The van der Waals surface area contributed by atoms with E-state index in [1.54, 1.807) is 0 Å². The fourth-order valence-electron chi connectivity index (χ4n) is 1.40. The van der Waals surface area contributed by atoms with Crippen LogP contribution in [0.1, 0.15) is 25.0 Å². The first kappa shape index (κ1) is 9.78. The highest BCUT2D eigenvalue weighted by Crippen LogP contribution is 2.13. The summed E-state index contributed by atoms with van der Waals surface area (Å²) in [6.07, 6.45) is 3.80. The summed E-state index contributed by atoms with van der Waals surface area (Å²) in [6.45, 7) is 8.20. The van der Waals surface area contributed by atoms with Gasteiger partial charge in [-0.15, -0.1) is 0 Å². The molecular weight excluding hydrogens is 160 g/mol.